The number of halogens is 3. The number of hydrogen-bond donors (Lipinski definition) is 2. The second-order valence-corrected chi connectivity index (χ2v) is 7.41. The maximum absolute atomic E-state index is 14.1. The lowest BCUT2D eigenvalue weighted by molar-refractivity contribution is 0.106. The summed E-state index contributed by atoms with van der Waals surface area (Å²) < 4.78 is 71.2. The van der Waals surface area contributed by atoms with Crippen LogP contribution in [-0.4, -0.2) is 23.5 Å². The average molecular weight is 408 g/mol. The Labute approximate surface area is 156 Å². The molecule has 0 unspecified atom stereocenters. The molecule has 0 saturated heterocycles. The van der Waals surface area contributed by atoms with Gasteiger partial charge in [-0.2, -0.15) is 13.8 Å². The second-order valence-electron chi connectivity index (χ2n) is 5.76. The van der Waals surface area contributed by atoms with Gasteiger partial charge in [-0.25, -0.2) is 12.8 Å². The van der Waals surface area contributed by atoms with Crippen molar-refractivity contribution in [2.75, 3.05) is 4.72 Å². The molecule has 0 fully saturated rings. The van der Waals surface area contributed by atoms with Crippen LogP contribution in [0.5, 0.6) is 0 Å². The Hall–Kier alpha value is -3.34. The summed E-state index contributed by atoms with van der Waals surface area (Å²) >= 11 is 0. The van der Waals surface area contributed by atoms with Gasteiger partial charge in [0.1, 0.15) is 10.7 Å². The zero-order chi connectivity index (χ0) is 19.9. The zero-order valence-electron chi connectivity index (χ0n) is 13.9. The number of benzene rings is 2. The van der Waals surface area contributed by atoms with Crippen LogP contribution >= 0.6 is 0 Å². The van der Waals surface area contributed by atoms with E-state index in [1.165, 1.54) is 42.6 Å². The quantitative estimate of drug-likeness (QED) is 0.518. The van der Waals surface area contributed by atoms with Crippen molar-refractivity contribution in [2.45, 2.75) is 11.3 Å². The minimum atomic E-state index is -4.07. The third kappa shape index (κ3) is 3.20. The van der Waals surface area contributed by atoms with E-state index >= 15 is 0 Å². The number of fused-ring (bicyclic) bond motifs is 1. The molecule has 0 aliphatic rings. The van der Waals surface area contributed by atoms with Gasteiger partial charge in [-0.1, -0.05) is 11.2 Å². The summed E-state index contributed by atoms with van der Waals surface area (Å²) in [6, 6.07) is 9.87. The molecule has 0 amide bonds. The van der Waals surface area contributed by atoms with Crippen LogP contribution in [0, 0.1) is 5.82 Å². The predicted molar refractivity (Wildman–Crippen MR) is 93.8 cm³/mol. The van der Waals surface area contributed by atoms with Crippen LogP contribution in [0.3, 0.4) is 0 Å². The number of hydrogen-bond acceptors (Lipinski definition) is 5. The first-order valence-electron chi connectivity index (χ1n) is 7.86. The molecule has 0 aliphatic heterocycles. The zero-order valence-corrected chi connectivity index (χ0v) is 14.7. The van der Waals surface area contributed by atoms with E-state index in [9.17, 15) is 21.6 Å². The molecule has 0 atom stereocenters. The Balaban J connectivity index is 1.61. The molecule has 2 aromatic heterocycles. The van der Waals surface area contributed by atoms with Gasteiger partial charge in [0.2, 0.25) is 5.82 Å². The molecule has 0 saturated carbocycles. The molecule has 0 aliphatic carbocycles. The van der Waals surface area contributed by atoms with Gasteiger partial charge < -0.3 is 9.51 Å². The third-order valence-electron chi connectivity index (χ3n) is 3.93. The van der Waals surface area contributed by atoms with E-state index in [-0.39, 0.29) is 21.8 Å². The Morgan fingerprint density at radius 2 is 1.86 bits per heavy atom. The van der Waals surface area contributed by atoms with Crippen molar-refractivity contribution >= 4 is 26.6 Å². The van der Waals surface area contributed by atoms with Gasteiger partial charge in [0.05, 0.1) is 5.39 Å². The highest BCUT2D eigenvalue weighted by molar-refractivity contribution is 7.93. The van der Waals surface area contributed by atoms with E-state index in [2.05, 4.69) is 24.4 Å². The van der Waals surface area contributed by atoms with Crippen molar-refractivity contribution in [1.82, 2.24) is 15.1 Å². The van der Waals surface area contributed by atoms with Crippen LogP contribution in [0.4, 0.5) is 18.9 Å². The molecule has 0 bridgehead atoms. The maximum atomic E-state index is 14.1. The van der Waals surface area contributed by atoms with Crippen LogP contribution < -0.4 is 4.72 Å². The Morgan fingerprint density at radius 1 is 1.11 bits per heavy atom. The summed E-state index contributed by atoms with van der Waals surface area (Å²) in [7, 11) is -4.07. The van der Waals surface area contributed by atoms with Crippen molar-refractivity contribution < 1.29 is 26.1 Å². The molecule has 7 nitrogen and oxygen atoms in total. The lowest BCUT2D eigenvalue weighted by atomic mass is 10.2. The SMILES string of the molecule is O=S(=O)(Nc1ccc(-c2noc(C(F)F)n2)cc1)c1c[nH]c2cccc(F)c12. The monoisotopic (exact) mass is 408 g/mol. The van der Waals surface area contributed by atoms with Crippen LogP contribution in [0.15, 0.2) is 58.1 Å². The van der Waals surface area contributed by atoms with E-state index < -0.39 is 28.2 Å². The van der Waals surface area contributed by atoms with Gasteiger partial charge >= 0.3 is 6.43 Å². The van der Waals surface area contributed by atoms with Gasteiger partial charge in [-0.15, -0.1) is 0 Å². The summed E-state index contributed by atoms with van der Waals surface area (Å²) in [5, 5.41) is 3.40. The first-order valence-corrected chi connectivity index (χ1v) is 9.34. The fourth-order valence-corrected chi connectivity index (χ4v) is 3.91. The van der Waals surface area contributed by atoms with Gasteiger partial charge in [0, 0.05) is 23.0 Å². The lowest BCUT2D eigenvalue weighted by Gasteiger charge is -2.08. The number of nitrogens with zero attached hydrogens (tertiary/aromatic N) is 2. The fraction of sp³-hybridized carbons (Fsp3) is 0.0588. The van der Waals surface area contributed by atoms with E-state index in [0.29, 0.717) is 11.1 Å². The van der Waals surface area contributed by atoms with Crippen LogP contribution in [0.1, 0.15) is 12.3 Å². The fourth-order valence-electron chi connectivity index (χ4n) is 2.66. The van der Waals surface area contributed by atoms with Gasteiger partial charge in [0.25, 0.3) is 15.9 Å². The summed E-state index contributed by atoms with van der Waals surface area (Å²) in [6.45, 7) is 0. The number of rotatable bonds is 5. The highest BCUT2D eigenvalue weighted by Crippen LogP contribution is 2.28. The molecule has 11 heteroatoms. The average Bonchev–Trinajstić information content (AvgIpc) is 3.30. The largest absolute Gasteiger partial charge is 0.360 e. The molecule has 0 radical (unpaired) electrons. The number of anilines is 1. The summed E-state index contributed by atoms with van der Waals surface area (Å²) in [4.78, 5) is 6.04. The summed E-state index contributed by atoms with van der Waals surface area (Å²) in [5.74, 6) is -1.52. The molecule has 2 heterocycles. The molecule has 2 N–H and O–H groups in total. The lowest BCUT2D eigenvalue weighted by Crippen LogP contribution is -2.12. The minimum Gasteiger partial charge on any atom is -0.360 e. The van der Waals surface area contributed by atoms with E-state index in [1.807, 2.05) is 0 Å². The number of H-pyrrole nitrogens is 1. The molecular weight excluding hydrogens is 397 g/mol. The van der Waals surface area contributed by atoms with E-state index in [0.717, 1.165) is 0 Å². The normalized spacial score (nSPS) is 12.0. The molecule has 4 aromatic rings. The van der Waals surface area contributed by atoms with Crippen LogP contribution in [0.2, 0.25) is 0 Å². The van der Waals surface area contributed by atoms with E-state index in [1.54, 1.807) is 6.07 Å². The van der Waals surface area contributed by atoms with E-state index in [4.69, 9.17) is 0 Å². The number of nitrogens with one attached hydrogen (secondary N) is 2. The van der Waals surface area contributed by atoms with Crippen molar-refractivity contribution in [2.24, 2.45) is 0 Å². The first-order chi connectivity index (χ1) is 13.3. The van der Waals surface area contributed by atoms with Crippen molar-refractivity contribution in [3.05, 3.63) is 60.4 Å². The summed E-state index contributed by atoms with van der Waals surface area (Å²) in [6.07, 6.45) is -1.68. The van der Waals surface area contributed by atoms with Crippen molar-refractivity contribution in [3.8, 4) is 11.4 Å². The highest BCUT2D eigenvalue weighted by atomic mass is 32.2. The first kappa shape index (κ1) is 18.0. The van der Waals surface area contributed by atoms with Crippen molar-refractivity contribution in [3.63, 3.8) is 0 Å². The Bertz CT molecular complexity index is 1250. The second kappa shape index (κ2) is 6.68. The number of aromatic amines is 1. The molecule has 144 valence electrons. The highest BCUT2D eigenvalue weighted by Gasteiger charge is 2.22. The smallest absolute Gasteiger partial charge is 0.315 e. The predicted octanol–water partition coefficient (Wildman–Crippen LogP) is 4.10. The summed E-state index contributed by atoms with van der Waals surface area (Å²) in [5.41, 5.74) is 0.895. The van der Waals surface area contributed by atoms with Crippen LogP contribution in [-0.2, 0) is 10.0 Å². The Morgan fingerprint density at radius 3 is 2.54 bits per heavy atom. The standard InChI is InChI=1S/C17H11F3N4O3S/c18-11-2-1-3-12-14(11)13(8-21-12)28(25,26)24-10-6-4-9(5-7-10)16-22-17(15(19)20)27-23-16/h1-8,15,21,24H. The number of alkyl halides is 2. The molecule has 0 spiro atoms. The van der Waals surface area contributed by atoms with Gasteiger partial charge in [0.15, 0.2) is 0 Å². The van der Waals surface area contributed by atoms with Gasteiger partial charge in [-0.3, -0.25) is 4.72 Å². The van der Waals surface area contributed by atoms with Crippen LogP contribution in [0.25, 0.3) is 22.3 Å². The molecule has 4 rings (SSSR count). The molecular formula is C17H11F3N4O3S. The molecule has 28 heavy (non-hydrogen) atoms. The molecule has 2 aromatic carbocycles. The third-order valence-corrected chi connectivity index (χ3v) is 5.34. The maximum Gasteiger partial charge on any atom is 0.315 e. The minimum absolute atomic E-state index is 0.0436. The number of sulfonamides is 1. The van der Waals surface area contributed by atoms with Gasteiger partial charge in [-0.05, 0) is 36.4 Å². The number of aromatic nitrogens is 3. The van der Waals surface area contributed by atoms with Crippen molar-refractivity contribution in [1.29, 1.82) is 0 Å². The topological polar surface area (TPSA) is 101 Å². The Kier molecular flexibility index (Phi) is 4.30.